The van der Waals surface area contributed by atoms with Crippen molar-refractivity contribution in [3.05, 3.63) is 39.9 Å². The second-order valence-corrected chi connectivity index (χ2v) is 5.29. The maximum absolute atomic E-state index is 12.0. The molecular weight excluding hydrogens is 276 g/mol. The molecule has 112 valence electrons. The molecule has 1 atom stereocenters. The predicted molar refractivity (Wildman–Crippen MR) is 73.7 cm³/mol. The summed E-state index contributed by atoms with van der Waals surface area (Å²) >= 11 is 0. The predicted octanol–water partition coefficient (Wildman–Crippen LogP) is 1.32. The first-order valence-corrected chi connectivity index (χ1v) is 6.62. The molecule has 1 saturated heterocycles. The Labute approximate surface area is 121 Å². The van der Waals surface area contributed by atoms with Gasteiger partial charge in [0.25, 0.3) is 5.69 Å². The van der Waals surface area contributed by atoms with E-state index in [2.05, 4.69) is 0 Å². The highest BCUT2D eigenvalue weighted by Gasteiger charge is 2.36. The number of likely N-dealkylation sites (tertiary alicyclic amines) is 1. The van der Waals surface area contributed by atoms with E-state index in [1.165, 1.54) is 12.1 Å². The van der Waals surface area contributed by atoms with Gasteiger partial charge in [0.2, 0.25) is 5.91 Å². The molecule has 2 rings (SSSR count). The van der Waals surface area contributed by atoms with Crippen LogP contribution in [0.15, 0.2) is 24.3 Å². The fourth-order valence-electron chi connectivity index (χ4n) is 2.26. The quantitative estimate of drug-likeness (QED) is 0.651. The molecule has 1 N–H and O–H groups in total. The van der Waals surface area contributed by atoms with Gasteiger partial charge in [-0.25, -0.2) is 0 Å². The van der Waals surface area contributed by atoms with Gasteiger partial charge < -0.3 is 10.0 Å². The number of rotatable bonds is 5. The lowest BCUT2D eigenvalue weighted by atomic mass is 9.87. The Morgan fingerprint density at radius 3 is 2.43 bits per heavy atom. The number of carboxylic acids is 1. The SMILES string of the molecule is CC(C(=O)O)C1CN(C(=O)Cc2ccc([N+](=O)[O-])cc2)C1. The van der Waals surface area contributed by atoms with Crippen molar-refractivity contribution >= 4 is 17.6 Å². The van der Waals surface area contributed by atoms with Gasteiger partial charge in [0.15, 0.2) is 0 Å². The number of nitrogens with zero attached hydrogens (tertiary/aromatic N) is 2. The van der Waals surface area contributed by atoms with E-state index in [0.29, 0.717) is 18.7 Å². The maximum atomic E-state index is 12.0. The zero-order valence-corrected chi connectivity index (χ0v) is 11.6. The molecule has 0 spiro atoms. The van der Waals surface area contributed by atoms with E-state index in [9.17, 15) is 19.7 Å². The van der Waals surface area contributed by atoms with Gasteiger partial charge in [-0.05, 0) is 5.56 Å². The molecule has 1 amide bonds. The summed E-state index contributed by atoms with van der Waals surface area (Å²) in [5, 5.41) is 19.4. The van der Waals surface area contributed by atoms with Crippen LogP contribution in [0.1, 0.15) is 12.5 Å². The number of carbonyl (C=O) groups is 2. The van der Waals surface area contributed by atoms with E-state index in [4.69, 9.17) is 5.11 Å². The molecule has 0 radical (unpaired) electrons. The molecule has 1 heterocycles. The van der Waals surface area contributed by atoms with Crippen LogP contribution in [-0.2, 0) is 16.0 Å². The number of carboxylic acid groups (broad SMARTS) is 1. The van der Waals surface area contributed by atoms with Gasteiger partial charge in [-0.2, -0.15) is 0 Å². The lowest BCUT2D eigenvalue weighted by Crippen LogP contribution is -2.53. The fraction of sp³-hybridized carbons (Fsp3) is 0.429. The summed E-state index contributed by atoms with van der Waals surface area (Å²) in [6, 6.07) is 5.86. The van der Waals surface area contributed by atoms with Gasteiger partial charge in [0.1, 0.15) is 0 Å². The van der Waals surface area contributed by atoms with Crippen molar-refractivity contribution < 1.29 is 19.6 Å². The van der Waals surface area contributed by atoms with Crippen LogP contribution in [0.25, 0.3) is 0 Å². The first-order valence-electron chi connectivity index (χ1n) is 6.62. The molecule has 1 aliphatic rings. The van der Waals surface area contributed by atoms with Crippen molar-refractivity contribution in [2.45, 2.75) is 13.3 Å². The number of amides is 1. The van der Waals surface area contributed by atoms with E-state index in [1.54, 1.807) is 24.0 Å². The molecule has 1 aliphatic heterocycles. The van der Waals surface area contributed by atoms with Crippen LogP contribution >= 0.6 is 0 Å². The molecule has 0 aliphatic carbocycles. The number of hydrogen-bond donors (Lipinski definition) is 1. The molecular formula is C14H16N2O5. The Hall–Kier alpha value is -2.44. The summed E-state index contributed by atoms with van der Waals surface area (Å²) in [4.78, 5) is 34.5. The van der Waals surface area contributed by atoms with Crippen molar-refractivity contribution in [3.63, 3.8) is 0 Å². The number of carbonyl (C=O) groups excluding carboxylic acids is 1. The molecule has 1 aromatic rings. The molecule has 0 saturated carbocycles. The topological polar surface area (TPSA) is 101 Å². The number of non-ortho nitro benzene ring substituents is 1. The van der Waals surface area contributed by atoms with Gasteiger partial charge >= 0.3 is 5.97 Å². The molecule has 0 bridgehead atoms. The number of hydrogen-bond acceptors (Lipinski definition) is 4. The lowest BCUT2D eigenvalue weighted by Gasteiger charge is -2.41. The third-order valence-corrected chi connectivity index (χ3v) is 3.86. The maximum Gasteiger partial charge on any atom is 0.306 e. The largest absolute Gasteiger partial charge is 0.481 e. The first-order chi connectivity index (χ1) is 9.88. The Bertz CT molecular complexity index is 563. The van der Waals surface area contributed by atoms with Gasteiger partial charge in [0.05, 0.1) is 17.3 Å². The summed E-state index contributed by atoms with van der Waals surface area (Å²) in [5.41, 5.74) is 0.700. The zero-order chi connectivity index (χ0) is 15.6. The van der Waals surface area contributed by atoms with E-state index in [-0.39, 0.29) is 23.9 Å². The molecule has 1 aromatic carbocycles. The van der Waals surface area contributed by atoms with Crippen LogP contribution in [0.2, 0.25) is 0 Å². The second kappa shape index (κ2) is 5.90. The van der Waals surface area contributed by atoms with Crippen LogP contribution in [0.5, 0.6) is 0 Å². The minimum absolute atomic E-state index is 0.00307. The second-order valence-electron chi connectivity index (χ2n) is 5.29. The van der Waals surface area contributed by atoms with Crippen molar-refractivity contribution in [3.8, 4) is 0 Å². The monoisotopic (exact) mass is 292 g/mol. The van der Waals surface area contributed by atoms with Crippen LogP contribution in [0, 0.1) is 22.0 Å². The third kappa shape index (κ3) is 3.36. The zero-order valence-electron chi connectivity index (χ0n) is 11.6. The first kappa shape index (κ1) is 15.0. The number of nitro groups is 1. The minimum atomic E-state index is -0.845. The molecule has 1 unspecified atom stereocenters. The average molecular weight is 292 g/mol. The Kier molecular flexibility index (Phi) is 4.21. The summed E-state index contributed by atoms with van der Waals surface area (Å²) in [6.07, 6.45) is 0.173. The minimum Gasteiger partial charge on any atom is -0.481 e. The normalized spacial score (nSPS) is 16.1. The number of aliphatic carboxylic acids is 1. The standard InChI is InChI=1S/C14H16N2O5/c1-9(14(18)19)11-7-15(8-11)13(17)6-10-2-4-12(5-3-10)16(20)21/h2-5,9,11H,6-8H2,1H3,(H,18,19). The van der Waals surface area contributed by atoms with Gasteiger partial charge in [-0.15, -0.1) is 0 Å². The van der Waals surface area contributed by atoms with Crippen molar-refractivity contribution in [2.24, 2.45) is 11.8 Å². The Morgan fingerprint density at radius 1 is 1.38 bits per heavy atom. The van der Waals surface area contributed by atoms with Crippen molar-refractivity contribution in [1.29, 1.82) is 0 Å². The van der Waals surface area contributed by atoms with Crippen LogP contribution in [0.3, 0.4) is 0 Å². The highest BCUT2D eigenvalue weighted by atomic mass is 16.6. The summed E-state index contributed by atoms with van der Waals surface area (Å²) < 4.78 is 0. The van der Waals surface area contributed by atoms with Gasteiger partial charge in [0, 0.05) is 31.1 Å². The van der Waals surface area contributed by atoms with Crippen LogP contribution in [-0.4, -0.2) is 39.9 Å². The van der Waals surface area contributed by atoms with E-state index in [0.717, 1.165) is 0 Å². The molecule has 21 heavy (non-hydrogen) atoms. The summed E-state index contributed by atoms with van der Waals surface area (Å²) in [7, 11) is 0. The molecule has 7 nitrogen and oxygen atoms in total. The average Bonchev–Trinajstić information content (AvgIpc) is 2.37. The summed E-state index contributed by atoms with van der Waals surface area (Å²) in [5.74, 6) is -1.38. The third-order valence-electron chi connectivity index (χ3n) is 3.86. The smallest absolute Gasteiger partial charge is 0.306 e. The number of benzene rings is 1. The molecule has 0 aromatic heterocycles. The van der Waals surface area contributed by atoms with Crippen molar-refractivity contribution in [1.82, 2.24) is 4.90 Å². The lowest BCUT2D eigenvalue weighted by molar-refractivity contribution is -0.384. The van der Waals surface area contributed by atoms with E-state index < -0.39 is 16.8 Å². The van der Waals surface area contributed by atoms with Crippen molar-refractivity contribution in [2.75, 3.05) is 13.1 Å². The van der Waals surface area contributed by atoms with Gasteiger partial charge in [-0.3, -0.25) is 19.7 Å². The highest BCUT2D eigenvalue weighted by molar-refractivity contribution is 5.80. The number of nitro benzene ring substituents is 1. The van der Waals surface area contributed by atoms with E-state index >= 15 is 0 Å². The highest BCUT2D eigenvalue weighted by Crippen LogP contribution is 2.25. The van der Waals surface area contributed by atoms with Gasteiger partial charge in [-0.1, -0.05) is 19.1 Å². The molecule has 7 heteroatoms. The fourth-order valence-corrected chi connectivity index (χ4v) is 2.26. The summed E-state index contributed by atoms with van der Waals surface area (Å²) in [6.45, 7) is 2.56. The van der Waals surface area contributed by atoms with Crippen LogP contribution in [0.4, 0.5) is 5.69 Å². The Balaban J connectivity index is 1.86. The van der Waals surface area contributed by atoms with Crippen LogP contribution < -0.4 is 0 Å². The van der Waals surface area contributed by atoms with E-state index in [1.807, 2.05) is 0 Å². The molecule has 1 fully saturated rings. The Morgan fingerprint density at radius 2 is 1.95 bits per heavy atom.